The summed E-state index contributed by atoms with van der Waals surface area (Å²) >= 11 is 1.48. The van der Waals surface area contributed by atoms with Gasteiger partial charge in [0.25, 0.3) is 5.56 Å². The van der Waals surface area contributed by atoms with Crippen LogP contribution < -0.4 is 5.56 Å². The van der Waals surface area contributed by atoms with Gasteiger partial charge in [-0.05, 0) is 50.3 Å². The standard InChI is InChI=1S/C13H17N3OS/c17-13-12-11(4-9-18-12)14-10-16(13)8-3-7-15-5-1-2-6-15/h4,9-10H,1-3,5-8H2. The van der Waals surface area contributed by atoms with Crippen LogP contribution in [0.15, 0.2) is 22.6 Å². The Hall–Kier alpha value is -1.20. The van der Waals surface area contributed by atoms with Crippen molar-refractivity contribution in [1.29, 1.82) is 0 Å². The molecule has 0 aliphatic carbocycles. The van der Waals surface area contributed by atoms with E-state index in [2.05, 4.69) is 9.88 Å². The van der Waals surface area contributed by atoms with E-state index in [-0.39, 0.29) is 5.56 Å². The molecule has 2 aromatic rings. The predicted molar refractivity (Wildman–Crippen MR) is 74.2 cm³/mol. The van der Waals surface area contributed by atoms with E-state index in [0.29, 0.717) is 0 Å². The lowest BCUT2D eigenvalue weighted by Gasteiger charge is -2.14. The molecule has 96 valence electrons. The summed E-state index contributed by atoms with van der Waals surface area (Å²) in [5.74, 6) is 0. The number of aromatic nitrogens is 2. The normalized spacial score (nSPS) is 16.7. The molecule has 0 atom stereocenters. The maximum absolute atomic E-state index is 12.1. The van der Waals surface area contributed by atoms with Crippen LogP contribution in [-0.4, -0.2) is 34.1 Å². The van der Waals surface area contributed by atoms with Crippen molar-refractivity contribution >= 4 is 21.6 Å². The number of thiophene rings is 1. The summed E-state index contributed by atoms with van der Waals surface area (Å²) < 4.78 is 2.52. The average Bonchev–Trinajstić information content (AvgIpc) is 3.02. The Morgan fingerprint density at radius 2 is 2.11 bits per heavy atom. The fraction of sp³-hybridized carbons (Fsp3) is 0.538. The van der Waals surface area contributed by atoms with Gasteiger partial charge in [-0.2, -0.15) is 0 Å². The lowest BCUT2D eigenvalue weighted by molar-refractivity contribution is 0.324. The molecule has 0 aromatic carbocycles. The first-order valence-electron chi connectivity index (χ1n) is 6.49. The molecule has 0 N–H and O–H groups in total. The second kappa shape index (κ2) is 5.20. The Labute approximate surface area is 110 Å². The zero-order chi connectivity index (χ0) is 12.4. The number of nitrogens with zero attached hydrogens (tertiary/aromatic N) is 3. The largest absolute Gasteiger partial charge is 0.303 e. The first-order chi connectivity index (χ1) is 8.84. The number of likely N-dealkylation sites (tertiary alicyclic amines) is 1. The van der Waals surface area contributed by atoms with Gasteiger partial charge in [-0.3, -0.25) is 9.36 Å². The molecule has 18 heavy (non-hydrogen) atoms. The van der Waals surface area contributed by atoms with Crippen LogP contribution in [0.4, 0.5) is 0 Å². The van der Waals surface area contributed by atoms with Crippen LogP contribution >= 0.6 is 11.3 Å². The van der Waals surface area contributed by atoms with E-state index in [1.165, 1.54) is 37.3 Å². The molecule has 0 unspecified atom stereocenters. The number of aryl methyl sites for hydroxylation is 1. The minimum Gasteiger partial charge on any atom is -0.303 e. The summed E-state index contributed by atoms with van der Waals surface area (Å²) in [5.41, 5.74) is 0.928. The minimum absolute atomic E-state index is 0.108. The molecule has 0 amide bonds. The van der Waals surface area contributed by atoms with E-state index in [1.54, 1.807) is 10.9 Å². The zero-order valence-corrected chi connectivity index (χ0v) is 11.2. The second-order valence-corrected chi connectivity index (χ2v) is 5.70. The van der Waals surface area contributed by atoms with Crippen LogP contribution in [0.1, 0.15) is 19.3 Å². The van der Waals surface area contributed by atoms with Crippen LogP contribution in [-0.2, 0) is 6.54 Å². The van der Waals surface area contributed by atoms with Gasteiger partial charge in [-0.1, -0.05) is 0 Å². The third kappa shape index (κ3) is 2.33. The third-order valence-corrected chi connectivity index (χ3v) is 4.40. The molecule has 1 saturated heterocycles. The fourth-order valence-electron chi connectivity index (χ4n) is 2.51. The van der Waals surface area contributed by atoms with Gasteiger partial charge in [0.15, 0.2) is 0 Å². The van der Waals surface area contributed by atoms with Gasteiger partial charge >= 0.3 is 0 Å². The molecule has 3 rings (SSSR count). The predicted octanol–water partition coefficient (Wildman–Crippen LogP) is 1.94. The van der Waals surface area contributed by atoms with Gasteiger partial charge in [-0.15, -0.1) is 11.3 Å². The van der Waals surface area contributed by atoms with Crippen LogP contribution in [0.5, 0.6) is 0 Å². The molecule has 4 nitrogen and oxygen atoms in total. The summed E-state index contributed by atoms with van der Waals surface area (Å²) in [6, 6.07) is 1.90. The highest BCUT2D eigenvalue weighted by Crippen LogP contribution is 2.13. The molecule has 1 fully saturated rings. The highest BCUT2D eigenvalue weighted by Gasteiger charge is 2.11. The molecule has 1 aliphatic rings. The highest BCUT2D eigenvalue weighted by atomic mass is 32.1. The number of hydrogen-bond acceptors (Lipinski definition) is 4. The van der Waals surface area contributed by atoms with Crippen molar-refractivity contribution in [3.8, 4) is 0 Å². The van der Waals surface area contributed by atoms with Gasteiger partial charge in [0, 0.05) is 6.54 Å². The average molecular weight is 263 g/mol. The Balaban J connectivity index is 1.66. The first kappa shape index (κ1) is 11.9. The van der Waals surface area contributed by atoms with E-state index in [4.69, 9.17) is 0 Å². The molecule has 3 heterocycles. The summed E-state index contributed by atoms with van der Waals surface area (Å²) in [6.45, 7) is 4.30. The fourth-order valence-corrected chi connectivity index (χ4v) is 3.30. The quantitative estimate of drug-likeness (QED) is 0.846. The topological polar surface area (TPSA) is 38.1 Å². The molecule has 2 aromatic heterocycles. The summed E-state index contributed by atoms with van der Waals surface area (Å²) in [5, 5.41) is 1.92. The van der Waals surface area contributed by atoms with Crippen molar-refractivity contribution in [2.75, 3.05) is 19.6 Å². The Morgan fingerprint density at radius 3 is 2.94 bits per heavy atom. The lowest BCUT2D eigenvalue weighted by Crippen LogP contribution is -2.25. The van der Waals surface area contributed by atoms with Crippen molar-refractivity contribution in [2.45, 2.75) is 25.8 Å². The number of hydrogen-bond donors (Lipinski definition) is 0. The van der Waals surface area contributed by atoms with E-state index >= 15 is 0 Å². The van der Waals surface area contributed by atoms with E-state index in [1.807, 2.05) is 11.4 Å². The van der Waals surface area contributed by atoms with E-state index < -0.39 is 0 Å². The highest BCUT2D eigenvalue weighted by molar-refractivity contribution is 7.17. The molecule has 0 spiro atoms. The van der Waals surface area contributed by atoms with Gasteiger partial charge < -0.3 is 4.90 Å². The maximum atomic E-state index is 12.1. The second-order valence-electron chi connectivity index (χ2n) is 4.78. The van der Waals surface area contributed by atoms with Crippen molar-refractivity contribution in [3.63, 3.8) is 0 Å². The molecule has 0 bridgehead atoms. The molecular formula is C13H17N3OS. The van der Waals surface area contributed by atoms with Gasteiger partial charge in [0.1, 0.15) is 4.70 Å². The van der Waals surface area contributed by atoms with Crippen LogP contribution in [0.25, 0.3) is 10.2 Å². The molecule has 0 radical (unpaired) electrons. The van der Waals surface area contributed by atoms with Crippen LogP contribution in [0.3, 0.4) is 0 Å². The number of rotatable bonds is 4. The smallest absolute Gasteiger partial charge is 0.271 e. The Bertz CT molecular complexity index is 583. The minimum atomic E-state index is 0.108. The van der Waals surface area contributed by atoms with Crippen molar-refractivity contribution < 1.29 is 0 Å². The molecule has 0 saturated carbocycles. The van der Waals surface area contributed by atoms with Crippen LogP contribution in [0, 0.1) is 0 Å². The van der Waals surface area contributed by atoms with Crippen molar-refractivity contribution in [1.82, 2.24) is 14.5 Å². The van der Waals surface area contributed by atoms with Gasteiger partial charge in [0.05, 0.1) is 11.8 Å². The van der Waals surface area contributed by atoms with Crippen LogP contribution in [0.2, 0.25) is 0 Å². The van der Waals surface area contributed by atoms with E-state index in [0.717, 1.165) is 29.7 Å². The third-order valence-electron chi connectivity index (χ3n) is 3.51. The molecule has 1 aliphatic heterocycles. The summed E-state index contributed by atoms with van der Waals surface area (Å²) in [6.07, 6.45) is 5.35. The first-order valence-corrected chi connectivity index (χ1v) is 7.37. The summed E-state index contributed by atoms with van der Waals surface area (Å²) in [4.78, 5) is 18.9. The monoisotopic (exact) mass is 263 g/mol. The van der Waals surface area contributed by atoms with Gasteiger partial charge in [0.2, 0.25) is 0 Å². The van der Waals surface area contributed by atoms with Crippen molar-refractivity contribution in [2.24, 2.45) is 0 Å². The van der Waals surface area contributed by atoms with E-state index in [9.17, 15) is 4.79 Å². The zero-order valence-electron chi connectivity index (χ0n) is 10.3. The lowest BCUT2D eigenvalue weighted by atomic mass is 10.3. The number of fused-ring (bicyclic) bond motifs is 1. The maximum Gasteiger partial charge on any atom is 0.271 e. The molecule has 5 heteroatoms. The SMILES string of the molecule is O=c1c2sccc2ncn1CCCN1CCCC1. The Kier molecular flexibility index (Phi) is 3.43. The van der Waals surface area contributed by atoms with Gasteiger partial charge in [-0.25, -0.2) is 4.98 Å². The van der Waals surface area contributed by atoms with Crippen molar-refractivity contribution in [3.05, 3.63) is 28.1 Å². The Morgan fingerprint density at radius 1 is 1.28 bits per heavy atom. The summed E-state index contributed by atoms with van der Waals surface area (Å²) in [7, 11) is 0. The molecular weight excluding hydrogens is 246 g/mol.